The maximum Gasteiger partial charge on any atom is 0.195 e. The fraction of sp³-hybridized carbons (Fsp3) is 0.235. The molecule has 0 bridgehead atoms. The zero-order valence-corrected chi connectivity index (χ0v) is 13.3. The van der Waals surface area contributed by atoms with Gasteiger partial charge in [-0.3, -0.25) is 4.79 Å². The lowest BCUT2D eigenvalue weighted by Crippen LogP contribution is -2.12. The van der Waals surface area contributed by atoms with Crippen LogP contribution in [-0.2, 0) is 9.84 Å². The molecule has 0 amide bonds. The highest BCUT2D eigenvalue weighted by molar-refractivity contribution is 7.90. The zero-order valence-electron chi connectivity index (χ0n) is 12.5. The van der Waals surface area contributed by atoms with Crippen LogP contribution in [0.1, 0.15) is 22.3 Å². The van der Waals surface area contributed by atoms with E-state index in [0.29, 0.717) is 24.1 Å². The number of nitrogens with one attached hydrogen (secondary N) is 1. The van der Waals surface area contributed by atoms with Gasteiger partial charge in [0.2, 0.25) is 0 Å². The van der Waals surface area contributed by atoms with E-state index in [1.807, 2.05) is 36.4 Å². The molecule has 0 aliphatic rings. The summed E-state index contributed by atoms with van der Waals surface area (Å²) in [6.07, 6.45) is 1.73. The molecule has 22 heavy (non-hydrogen) atoms. The molecular weight excluding hydrogens is 298 g/mol. The molecule has 2 rings (SSSR count). The van der Waals surface area contributed by atoms with Crippen molar-refractivity contribution in [1.82, 2.24) is 0 Å². The highest BCUT2D eigenvalue weighted by atomic mass is 32.2. The van der Waals surface area contributed by atoms with Gasteiger partial charge in [-0.15, -0.1) is 0 Å². The van der Waals surface area contributed by atoms with Crippen LogP contribution in [-0.4, -0.2) is 32.8 Å². The second-order valence-corrected chi connectivity index (χ2v) is 7.41. The first-order valence-electron chi connectivity index (χ1n) is 7.08. The molecule has 2 aromatic carbocycles. The summed E-state index contributed by atoms with van der Waals surface area (Å²) in [7, 11) is -2.95. The van der Waals surface area contributed by atoms with Crippen LogP contribution in [0.5, 0.6) is 0 Å². The minimum Gasteiger partial charge on any atom is -0.384 e. The zero-order chi connectivity index (χ0) is 16.0. The van der Waals surface area contributed by atoms with Crippen LogP contribution < -0.4 is 5.32 Å². The first-order valence-corrected chi connectivity index (χ1v) is 9.14. The number of benzene rings is 2. The quantitative estimate of drug-likeness (QED) is 0.630. The molecule has 0 fully saturated rings. The second-order valence-electron chi connectivity index (χ2n) is 5.15. The third-order valence-electron chi connectivity index (χ3n) is 3.22. The number of ketones is 1. The van der Waals surface area contributed by atoms with Gasteiger partial charge >= 0.3 is 0 Å². The fourth-order valence-corrected chi connectivity index (χ4v) is 2.81. The lowest BCUT2D eigenvalue weighted by Gasteiger charge is -2.11. The first kappa shape index (κ1) is 16.2. The molecule has 0 aromatic heterocycles. The van der Waals surface area contributed by atoms with Crippen molar-refractivity contribution in [3.63, 3.8) is 0 Å². The smallest absolute Gasteiger partial charge is 0.195 e. The van der Waals surface area contributed by atoms with Gasteiger partial charge in [0.05, 0.1) is 5.75 Å². The Kier molecular flexibility index (Phi) is 5.33. The maximum atomic E-state index is 12.5. The van der Waals surface area contributed by atoms with Gasteiger partial charge in [0.1, 0.15) is 9.84 Å². The van der Waals surface area contributed by atoms with Gasteiger partial charge in [0.15, 0.2) is 5.78 Å². The molecule has 0 atom stereocenters. The summed E-state index contributed by atoms with van der Waals surface area (Å²) < 4.78 is 22.2. The van der Waals surface area contributed by atoms with Crippen LogP contribution in [0.15, 0.2) is 54.6 Å². The number of hydrogen-bond acceptors (Lipinski definition) is 4. The molecule has 116 valence electrons. The predicted molar refractivity (Wildman–Crippen MR) is 89.1 cm³/mol. The van der Waals surface area contributed by atoms with Crippen molar-refractivity contribution in [2.45, 2.75) is 6.42 Å². The Labute approximate surface area is 131 Å². The lowest BCUT2D eigenvalue weighted by molar-refractivity contribution is 0.103. The molecule has 2 aromatic rings. The van der Waals surface area contributed by atoms with Gasteiger partial charge in [-0.25, -0.2) is 8.42 Å². The number of rotatable bonds is 7. The molecule has 0 unspecified atom stereocenters. The minimum absolute atomic E-state index is 0.0492. The highest BCUT2D eigenvalue weighted by Gasteiger charge is 2.12. The highest BCUT2D eigenvalue weighted by Crippen LogP contribution is 2.19. The standard InChI is InChI=1S/C17H19NO3S/c1-22(20,21)13-7-12-18-16-11-6-5-10-15(16)17(19)14-8-3-2-4-9-14/h2-6,8-11,18H,7,12-13H2,1H3. The Bertz CT molecular complexity index is 740. The SMILES string of the molecule is CS(=O)(=O)CCCNc1ccccc1C(=O)c1ccccc1. The predicted octanol–water partition coefficient (Wildman–Crippen LogP) is 2.76. The van der Waals surface area contributed by atoms with Crippen LogP contribution >= 0.6 is 0 Å². The average molecular weight is 317 g/mol. The van der Waals surface area contributed by atoms with E-state index in [9.17, 15) is 13.2 Å². The summed E-state index contributed by atoms with van der Waals surface area (Å²) in [5.74, 6) is 0.0845. The van der Waals surface area contributed by atoms with Gasteiger partial charge in [0, 0.05) is 29.6 Å². The maximum absolute atomic E-state index is 12.5. The van der Waals surface area contributed by atoms with Gasteiger partial charge in [-0.2, -0.15) is 0 Å². The van der Waals surface area contributed by atoms with Crippen molar-refractivity contribution in [2.24, 2.45) is 0 Å². The van der Waals surface area contributed by atoms with Crippen LogP contribution in [0.25, 0.3) is 0 Å². The second kappa shape index (κ2) is 7.22. The molecule has 0 saturated carbocycles. The van der Waals surface area contributed by atoms with E-state index in [1.54, 1.807) is 18.2 Å². The van der Waals surface area contributed by atoms with E-state index in [-0.39, 0.29) is 11.5 Å². The first-order chi connectivity index (χ1) is 10.5. The average Bonchev–Trinajstić information content (AvgIpc) is 2.51. The number of carbonyl (C=O) groups is 1. The van der Waals surface area contributed by atoms with E-state index >= 15 is 0 Å². The van der Waals surface area contributed by atoms with Gasteiger partial charge < -0.3 is 5.32 Å². The number of sulfone groups is 1. The monoisotopic (exact) mass is 317 g/mol. The summed E-state index contributed by atoms with van der Waals surface area (Å²) in [5.41, 5.74) is 1.95. The molecule has 4 nitrogen and oxygen atoms in total. The fourth-order valence-electron chi connectivity index (χ4n) is 2.14. The Hall–Kier alpha value is -2.14. The van der Waals surface area contributed by atoms with Crippen molar-refractivity contribution in [2.75, 3.05) is 23.9 Å². The van der Waals surface area contributed by atoms with Gasteiger partial charge in [-0.1, -0.05) is 42.5 Å². The van der Waals surface area contributed by atoms with Crippen LogP contribution in [0, 0.1) is 0 Å². The number of hydrogen-bond donors (Lipinski definition) is 1. The molecule has 5 heteroatoms. The van der Waals surface area contributed by atoms with Gasteiger partial charge in [-0.05, 0) is 18.6 Å². The van der Waals surface area contributed by atoms with Crippen LogP contribution in [0.3, 0.4) is 0 Å². The molecular formula is C17H19NO3S. The summed E-state index contributed by atoms with van der Waals surface area (Å²) >= 11 is 0. The molecule has 0 heterocycles. The van der Waals surface area contributed by atoms with E-state index in [4.69, 9.17) is 0 Å². The Morgan fingerprint density at radius 1 is 1.00 bits per heavy atom. The summed E-state index contributed by atoms with van der Waals surface area (Å²) in [5, 5.41) is 3.15. The number of carbonyl (C=O) groups excluding carboxylic acids is 1. The van der Waals surface area contributed by atoms with Crippen molar-refractivity contribution in [3.8, 4) is 0 Å². The topological polar surface area (TPSA) is 63.2 Å². The van der Waals surface area contributed by atoms with Crippen molar-refractivity contribution in [1.29, 1.82) is 0 Å². The van der Waals surface area contributed by atoms with Crippen LogP contribution in [0.2, 0.25) is 0 Å². The molecule has 0 aliphatic carbocycles. The minimum atomic E-state index is -2.95. The largest absolute Gasteiger partial charge is 0.384 e. The van der Waals surface area contributed by atoms with Gasteiger partial charge in [0.25, 0.3) is 0 Å². The molecule has 1 N–H and O–H groups in total. The lowest BCUT2D eigenvalue weighted by atomic mass is 10.0. The normalized spacial score (nSPS) is 11.1. The third kappa shape index (κ3) is 4.70. The Morgan fingerprint density at radius 3 is 2.32 bits per heavy atom. The van der Waals surface area contributed by atoms with E-state index in [2.05, 4.69) is 5.32 Å². The van der Waals surface area contributed by atoms with Crippen molar-refractivity contribution in [3.05, 3.63) is 65.7 Å². The number of anilines is 1. The summed E-state index contributed by atoms with van der Waals surface area (Å²) in [6.45, 7) is 0.506. The Morgan fingerprint density at radius 2 is 1.64 bits per heavy atom. The van der Waals surface area contributed by atoms with Crippen LogP contribution in [0.4, 0.5) is 5.69 Å². The van der Waals surface area contributed by atoms with E-state index in [0.717, 1.165) is 5.69 Å². The number of para-hydroxylation sites is 1. The van der Waals surface area contributed by atoms with E-state index in [1.165, 1.54) is 6.26 Å². The van der Waals surface area contributed by atoms with Crippen molar-refractivity contribution >= 4 is 21.3 Å². The van der Waals surface area contributed by atoms with E-state index < -0.39 is 9.84 Å². The third-order valence-corrected chi connectivity index (χ3v) is 4.25. The Balaban J connectivity index is 2.09. The molecule has 0 saturated heterocycles. The summed E-state index contributed by atoms with van der Waals surface area (Å²) in [4.78, 5) is 12.5. The molecule has 0 radical (unpaired) electrons. The molecule has 0 spiro atoms. The van der Waals surface area contributed by atoms with Crippen molar-refractivity contribution < 1.29 is 13.2 Å². The molecule has 0 aliphatic heterocycles. The summed E-state index contributed by atoms with van der Waals surface area (Å²) in [6, 6.07) is 16.4.